The average Bonchev–Trinajstić information content (AvgIpc) is 3.18. The first-order valence-electron chi connectivity index (χ1n) is 7.51. The predicted octanol–water partition coefficient (Wildman–Crippen LogP) is 3.04. The van der Waals surface area contributed by atoms with Crippen LogP contribution in [0.4, 0.5) is 4.39 Å². The molecule has 124 valence electrons. The normalized spacial score (nSPS) is 12.1. The lowest BCUT2D eigenvalue weighted by Gasteiger charge is -2.13. The highest BCUT2D eigenvalue weighted by atomic mass is 32.1. The Bertz CT molecular complexity index is 858. The molecule has 0 aliphatic heterocycles. The van der Waals surface area contributed by atoms with Gasteiger partial charge in [0.25, 0.3) is 5.91 Å². The molecule has 0 radical (unpaired) electrons. The Labute approximate surface area is 143 Å². The van der Waals surface area contributed by atoms with Gasteiger partial charge < -0.3 is 5.32 Å². The van der Waals surface area contributed by atoms with Crippen LogP contribution in [0.3, 0.4) is 0 Å². The molecule has 0 fully saturated rings. The van der Waals surface area contributed by atoms with E-state index < -0.39 is 0 Å². The fourth-order valence-electron chi connectivity index (χ4n) is 2.38. The number of hydrogen-bond acceptors (Lipinski definition) is 4. The van der Waals surface area contributed by atoms with Crippen molar-refractivity contribution in [3.8, 4) is 10.6 Å². The number of halogens is 1. The zero-order valence-electron chi connectivity index (χ0n) is 13.4. The number of benzene rings is 1. The van der Waals surface area contributed by atoms with E-state index in [4.69, 9.17) is 0 Å². The Balaban J connectivity index is 1.65. The fraction of sp³-hybridized carbons (Fsp3) is 0.235. The number of nitrogens with one attached hydrogen (secondary N) is 1. The summed E-state index contributed by atoms with van der Waals surface area (Å²) < 4.78 is 15.4. The lowest BCUT2D eigenvalue weighted by molar-refractivity contribution is 0.0935. The van der Waals surface area contributed by atoms with Crippen LogP contribution in [0.15, 0.2) is 42.0 Å². The van der Waals surface area contributed by atoms with E-state index in [1.165, 1.54) is 17.4 Å². The van der Waals surface area contributed by atoms with Gasteiger partial charge in [-0.05, 0) is 25.0 Å². The van der Waals surface area contributed by atoms with Gasteiger partial charge in [0.15, 0.2) is 0 Å². The molecule has 1 amide bonds. The van der Waals surface area contributed by atoms with Gasteiger partial charge in [0.05, 0.1) is 6.20 Å². The zero-order valence-corrected chi connectivity index (χ0v) is 14.2. The zero-order chi connectivity index (χ0) is 17.1. The van der Waals surface area contributed by atoms with Crippen molar-refractivity contribution in [2.24, 2.45) is 7.05 Å². The van der Waals surface area contributed by atoms with Crippen LogP contribution in [0, 0.1) is 5.82 Å². The Kier molecular flexibility index (Phi) is 4.71. The SMILES string of the molecule is CC(Cc1ccccc1F)NC(=O)c1csc(-c2cnn(C)c2)n1. The highest BCUT2D eigenvalue weighted by Gasteiger charge is 2.16. The van der Waals surface area contributed by atoms with Gasteiger partial charge in [0, 0.05) is 30.2 Å². The minimum absolute atomic E-state index is 0.196. The van der Waals surface area contributed by atoms with Gasteiger partial charge in [-0.3, -0.25) is 9.48 Å². The predicted molar refractivity (Wildman–Crippen MR) is 91.3 cm³/mol. The van der Waals surface area contributed by atoms with Crippen molar-refractivity contribution >= 4 is 17.2 Å². The number of hydrogen-bond donors (Lipinski definition) is 1. The molecule has 1 atom stereocenters. The number of carbonyl (C=O) groups excluding carboxylic acids is 1. The maximum absolute atomic E-state index is 13.7. The molecular weight excluding hydrogens is 327 g/mol. The van der Waals surface area contributed by atoms with Gasteiger partial charge in [0.2, 0.25) is 0 Å². The summed E-state index contributed by atoms with van der Waals surface area (Å²) >= 11 is 1.39. The van der Waals surface area contributed by atoms with E-state index in [1.54, 1.807) is 34.5 Å². The lowest BCUT2D eigenvalue weighted by Crippen LogP contribution is -2.34. The first-order chi connectivity index (χ1) is 11.5. The van der Waals surface area contributed by atoms with Crippen LogP contribution >= 0.6 is 11.3 Å². The second kappa shape index (κ2) is 6.92. The van der Waals surface area contributed by atoms with E-state index in [1.807, 2.05) is 20.2 Å². The van der Waals surface area contributed by atoms with E-state index in [-0.39, 0.29) is 17.8 Å². The van der Waals surface area contributed by atoms with Crippen LogP contribution in [0.25, 0.3) is 10.6 Å². The second-order valence-corrected chi connectivity index (χ2v) is 6.47. The minimum Gasteiger partial charge on any atom is -0.348 e. The van der Waals surface area contributed by atoms with E-state index in [2.05, 4.69) is 15.4 Å². The molecule has 7 heteroatoms. The molecule has 1 aromatic carbocycles. The van der Waals surface area contributed by atoms with E-state index in [0.29, 0.717) is 17.7 Å². The summed E-state index contributed by atoms with van der Waals surface area (Å²) in [5.74, 6) is -0.517. The maximum atomic E-state index is 13.7. The van der Waals surface area contributed by atoms with Crippen LogP contribution in [0.1, 0.15) is 23.0 Å². The Morgan fingerprint density at radius 1 is 1.42 bits per heavy atom. The molecule has 0 bridgehead atoms. The van der Waals surface area contributed by atoms with Crippen LogP contribution in [-0.4, -0.2) is 26.7 Å². The summed E-state index contributed by atoms with van der Waals surface area (Å²) in [5, 5.41) is 9.42. The molecule has 2 heterocycles. The quantitative estimate of drug-likeness (QED) is 0.774. The molecule has 0 aliphatic rings. The van der Waals surface area contributed by atoms with Crippen molar-refractivity contribution in [2.45, 2.75) is 19.4 Å². The number of rotatable bonds is 5. The van der Waals surface area contributed by atoms with Crippen LogP contribution in [0.5, 0.6) is 0 Å². The number of amides is 1. The molecule has 0 saturated heterocycles. The number of thiazole rings is 1. The highest BCUT2D eigenvalue weighted by Crippen LogP contribution is 2.23. The van der Waals surface area contributed by atoms with Gasteiger partial charge in [0.1, 0.15) is 16.5 Å². The summed E-state index contributed by atoms with van der Waals surface area (Å²) in [6.45, 7) is 1.85. The number of nitrogens with zero attached hydrogens (tertiary/aromatic N) is 3. The number of aryl methyl sites for hydroxylation is 1. The third-order valence-electron chi connectivity index (χ3n) is 3.55. The summed E-state index contributed by atoms with van der Waals surface area (Å²) in [5.41, 5.74) is 1.82. The molecule has 5 nitrogen and oxygen atoms in total. The monoisotopic (exact) mass is 344 g/mol. The van der Waals surface area contributed by atoms with Gasteiger partial charge in [-0.2, -0.15) is 5.10 Å². The summed E-state index contributed by atoms with van der Waals surface area (Å²) in [7, 11) is 1.83. The minimum atomic E-state index is -0.259. The van der Waals surface area contributed by atoms with Crippen LogP contribution in [0.2, 0.25) is 0 Å². The largest absolute Gasteiger partial charge is 0.348 e. The van der Waals surface area contributed by atoms with Gasteiger partial charge >= 0.3 is 0 Å². The first-order valence-corrected chi connectivity index (χ1v) is 8.39. The molecule has 1 unspecified atom stereocenters. The standard InChI is InChI=1S/C17H17FN4OS/c1-11(7-12-5-3-4-6-14(12)18)20-16(23)15-10-24-17(21-15)13-8-19-22(2)9-13/h3-6,8-11H,7H2,1-2H3,(H,20,23). The van der Waals surface area contributed by atoms with Crippen molar-refractivity contribution in [2.75, 3.05) is 0 Å². The molecule has 3 aromatic rings. The van der Waals surface area contributed by atoms with Crippen molar-refractivity contribution in [1.82, 2.24) is 20.1 Å². The van der Waals surface area contributed by atoms with Crippen molar-refractivity contribution in [3.05, 3.63) is 59.1 Å². The molecule has 0 aliphatic carbocycles. The summed E-state index contributed by atoms with van der Waals surface area (Å²) in [4.78, 5) is 16.6. The molecule has 2 aromatic heterocycles. The maximum Gasteiger partial charge on any atom is 0.270 e. The van der Waals surface area contributed by atoms with Crippen molar-refractivity contribution in [3.63, 3.8) is 0 Å². The Morgan fingerprint density at radius 2 is 2.21 bits per heavy atom. The van der Waals surface area contributed by atoms with Gasteiger partial charge in [-0.15, -0.1) is 11.3 Å². The third-order valence-corrected chi connectivity index (χ3v) is 4.44. The molecule has 3 rings (SSSR count). The summed E-state index contributed by atoms with van der Waals surface area (Å²) in [6.07, 6.45) is 3.99. The highest BCUT2D eigenvalue weighted by molar-refractivity contribution is 7.13. The van der Waals surface area contributed by atoms with E-state index in [0.717, 1.165) is 10.6 Å². The number of carbonyl (C=O) groups is 1. The molecule has 1 N–H and O–H groups in total. The molecule has 0 spiro atoms. The topological polar surface area (TPSA) is 59.8 Å². The second-order valence-electron chi connectivity index (χ2n) is 5.61. The average molecular weight is 344 g/mol. The van der Waals surface area contributed by atoms with E-state index in [9.17, 15) is 9.18 Å². The Morgan fingerprint density at radius 3 is 2.92 bits per heavy atom. The first kappa shape index (κ1) is 16.3. The van der Waals surface area contributed by atoms with Crippen molar-refractivity contribution < 1.29 is 9.18 Å². The molecule has 24 heavy (non-hydrogen) atoms. The number of aromatic nitrogens is 3. The van der Waals surface area contributed by atoms with E-state index >= 15 is 0 Å². The van der Waals surface area contributed by atoms with Crippen molar-refractivity contribution in [1.29, 1.82) is 0 Å². The molecule has 0 saturated carbocycles. The van der Waals surface area contributed by atoms with Gasteiger partial charge in [-0.25, -0.2) is 9.37 Å². The van der Waals surface area contributed by atoms with Crippen LogP contribution < -0.4 is 5.32 Å². The summed E-state index contributed by atoms with van der Waals surface area (Å²) in [6, 6.07) is 6.38. The molecular formula is C17H17FN4OS. The third kappa shape index (κ3) is 3.68. The lowest BCUT2D eigenvalue weighted by atomic mass is 10.1. The Hall–Kier alpha value is -2.54. The smallest absolute Gasteiger partial charge is 0.270 e. The fourth-order valence-corrected chi connectivity index (χ4v) is 3.16. The van der Waals surface area contributed by atoms with Crippen LogP contribution in [-0.2, 0) is 13.5 Å². The van der Waals surface area contributed by atoms with Gasteiger partial charge in [-0.1, -0.05) is 18.2 Å².